The summed E-state index contributed by atoms with van der Waals surface area (Å²) in [4.78, 5) is 12.2. The Labute approximate surface area is 111 Å². The van der Waals surface area contributed by atoms with Gasteiger partial charge in [0.25, 0.3) is 0 Å². The summed E-state index contributed by atoms with van der Waals surface area (Å²) in [5.74, 6) is -0.329. The van der Waals surface area contributed by atoms with Crippen LogP contribution in [0.25, 0.3) is 0 Å². The third-order valence-corrected chi connectivity index (χ3v) is 3.68. The molecule has 0 saturated carbocycles. The normalized spacial score (nSPS) is 23.3. The van der Waals surface area contributed by atoms with Crippen molar-refractivity contribution in [3.63, 3.8) is 0 Å². The topological polar surface area (TPSA) is 26.3 Å². The molecule has 1 aliphatic rings. The van der Waals surface area contributed by atoms with Gasteiger partial charge in [0, 0.05) is 18.9 Å². The molecule has 1 aliphatic heterocycles. The molecule has 2 rings (SSSR count). The van der Waals surface area contributed by atoms with Crippen LogP contribution >= 0.6 is 11.6 Å². The van der Waals surface area contributed by atoms with Crippen molar-refractivity contribution in [2.24, 2.45) is 5.92 Å². The Balaban J connectivity index is 2.04. The molecule has 0 bridgehead atoms. The molecule has 4 heteroatoms. The number of halogens is 2. The summed E-state index contributed by atoms with van der Waals surface area (Å²) in [6.07, 6.45) is 1.96. The van der Waals surface area contributed by atoms with Crippen LogP contribution in [0.1, 0.15) is 25.3 Å². The van der Waals surface area contributed by atoms with Crippen LogP contribution in [0.4, 0.5) is 4.39 Å². The summed E-state index contributed by atoms with van der Waals surface area (Å²) in [5, 5.41) is 0.0648. The van der Waals surface area contributed by atoms with Crippen LogP contribution in [-0.4, -0.2) is 18.5 Å². The fraction of sp³-hybridized carbons (Fsp3) is 0.500. The van der Waals surface area contributed by atoms with Crippen LogP contribution in [0.2, 0.25) is 5.02 Å². The smallest absolute Gasteiger partial charge is 0.143 e. The van der Waals surface area contributed by atoms with Gasteiger partial charge in [-0.1, -0.05) is 24.6 Å². The molecule has 0 spiro atoms. The number of carbonyl (C=O) groups is 1. The van der Waals surface area contributed by atoms with Crippen LogP contribution in [0.5, 0.6) is 0 Å². The molecule has 18 heavy (non-hydrogen) atoms. The zero-order valence-electron chi connectivity index (χ0n) is 10.3. The number of hydrogen-bond acceptors (Lipinski definition) is 2. The summed E-state index contributed by atoms with van der Waals surface area (Å²) >= 11 is 5.70. The van der Waals surface area contributed by atoms with Crippen LogP contribution < -0.4 is 0 Å². The Hall–Kier alpha value is -0.930. The lowest BCUT2D eigenvalue weighted by atomic mass is 9.91. The Morgan fingerprint density at radius 1 is 1.56 bits per heavy atom. The van der Waals surface area contributed by atoms with Gasteiger partial charge in [0.15, 0.2) is 0 Å². The summed E-state index contributed by atoms with van der Waals surface area (Å²) in [6, 6.07) is 4.43. The zero-order chi connectivity index (χ0) is 13.1. The molecule has 98 valence electrons. The Kier molecular flexibility index (Phi) is 4.36. The van der Waals surface area contributed by atoms with Gasteiger partial charge in [0.1, 0.15) is 11.6 Å². The third-order valence-electron chi connectivity index (χ3n) is 3.39. The summed E-state index contributed by atoms with van der Waals surface area (Å²) in [7, 11) is 0. The van der Waals surface area contributed by atoms with Gasteiger partial charge in [-0.05, 0) is 30.5 Å². The Morgan fingerprint density at radius 3 is 3.00 bits per heavy atom. The second kappa shape index (κ2) is 5.81. The molecule has 2 nitrogen and oxygen atoms in total. The highest BCUT2D eigenvalue weighted by Gasteiger charge is 2.32. The molecular formula is C14H16ClFO2. The first-order chi connectivity index (χ1) is 8.61. The van der Waals surface area contributed by atoms with Crippen molar-refractivity contribution in [2.75, 3.05) is 6.61 Å². The van der Waals surface area contributed by atoms with Gasteiger partial charge in [-0.3, -0.25) is 4.79 Å². The lowest BCUT2D eigenvalue weighted by Gasteiger charge is -2.15. The third kappa shape index (κ3) is 2.90. The second-order valence-electron chi connectivity index (χ2n) is 4.60. The van der Waals surface area contributed by atoms with Crippen molar-refractivity contribution in [1.29, 1.82) is 0 Å². The number of hydrogen-bond donors (Lipinski definition) is 0. The van der Waals surface area contributed by atoms with Crippen LogP contribution in [0.3, 0.4) is 0 Å². The predicted octanol–water partition coefficient (Wildman–Crippen LogP) is 3.41. The van der Waals surface area contributed by atoms with Gasteiger partial charge in [-0.2, -0.15) is 0 Å². The number of ether oxygens (including phenoxy) is 1. The minimum atomic E-state index is -0.455. The average Bonchev–Trinajstić information content (AvgIpc) is 2.82. The molecule has 1 heterocycles. The highest BCUT2D eigenvalue weighted by Crippen LogP contribution is 2.26. The number of Topliss-reactive ketones (excluding diaryl/α,β-unsaturated/α-hetero) is 1. The molecule has 1 aromatic carbocycles. The van der Waals surface area contributed by atoms with E-state index in [1.165, 1.54) is 12.1 Å². The average molecular weight is 271 g/mol. The zero-order valence-corrected chi connectivity index (χ0v) is 11.0. The Bertz CT molecular complexity index is 447. The molecule has 0 aromatic heterocycles. The molecule has 0 aliphatic carbocycles. The second-order valence-corrected chi connectivity index (χ2v) is 5.01. The maximum Gasteiger partial charge on any atom is 0.143 e. The van der Waals surface area contributed by atoms with Gasteiger partial charge >= 0.3 is 0 Å². The number of rotatable bonds is 4. The van der Waals surface area contributed by atoms with E-state index in [9.17, 15) is 9.18 Å². The quantitative estimate of drug-likeness (QED) is 0.838. The van der Waals surface area contributed by atoms with E-state index in [-0.39, 0.29) is 22.8 Å². The van der Waals surface area contributed by atoms with E-state index in [4.69, 9.17) is 16.3 Å². The first-order valence-electron chi connectivity index (χ1n) is 6.20. The molecule has 0 amide bonds. The summed E-state index contributed by atoms with van der Waals surface area (Å²) in [6.45, 7) is 2.67. The molecule has 0 N–H and O–H groups in total. The largest absolute Gasteiger partial charge is 0.377 e. The molecule has 0 radical (unpaired) electrons. The Morgan fingerprint density at radius 2 is 2.33 bits per heavy atom. The summed E-state index contributed by atoms with van der Waals surface area (Å²) < 4.78 is 18.5. The van der Waals surface area contributed by atoms with Crippen molar-refractivity contribution in [2.45, 2.75) is 32.3 Å². The highest BCUT2D eigenvalue weighted by molar-refractivity contribution is 6.30. The van der Waals surface area contributed by atoms with E-state index in [1.807, 2.05) is 6.92 Å². The van der Waals surface area contributed by atoms with Gasteiger partial charge in [0.2, 0.25) is 0 Å². The lowest BCUT2D eigenvalue weighted by molar-refractivity contribution is -0.123. The fourth-order valence-corrected chi connectivity index (χ4v) is 2.60. The van der Waals surface area contributed by atoms with Crippen molar-refractivity contribution >= 4 is 17.4 Å². The molecule has 1 saturated heterocycles. The monoisotopic (exact) mass is 270 g/mol. The van der Waals surface area contributed by atoms with E-state index in [1.54, 1.807) is 6.07 Å². The van der Waals surface area contributed by atoms with E-state index in [0.717, 1.165) is 18.4 Å². The minimum Gasteiger partial charge on any atom is -0.377 e. The van der Waals surface area contributed by atoms with E-state index >= 15 is 0 Å². The maximum atomic E-state index is 13.0. The number of carbonyl (C=O) groups excluding carboxylic acids is 1. The number of ketones is 1. The van der Waals surface area contributed by atoms with Crippen molar-refractivity contribution in [3.05, 3.63) is 34.6 Å². The van der Waals surface area contributed by atoms with Gasteiger partial charge in [-0.25, -0.2) is 4.39 Å². The van der Waals surface area contributed by atoms with Crippen molar-refractivity contribution < 1.29 is 13.9 Å². The van der Waals surface area contributed by atoms with Crippen molar-refractivity contribution in [1.82, 2.24) is 0 Å². The van der Waals surface area contributed by atoms with Gasteiger partial charge in [0.05, 0.1) is 11.1 Å². The summed E-state index contributed by atoms with van der Waals surface area (Å²) in [5.41, 5.74) is 0.758. The van der Waals surface area contributed by atoms with E-state index in [2.05, 4.69) is 0 Å². The molecule has 2 unspecified atom stereocenters. The van der Waals surface area contributed by atoms with Gasteiger partial charge in [-0.15, -0.1) is 0 Å². The molecular weight excluding hydrogens is 255 g/mol. The SMILES string of the molecule is CCC1OCCC1C(=O)Cc1ccc(F)c(Cl)c1. The van der Waals surface area contributed by atoms with Crippen molar-refractivity contribution in [3.8, 4) is 0 Å². The van der Waals surface area contributed by atoms with Crippen LogP contribution in [0.15, 0.2) is 18.2 Å². The van der Waals surface area contributed by atoms with Gasteiger partial charge < -0.3 is 4.74 Å². The molecule has 1 aromatic rings. The number of benzene rings is 1. The first-order valence-corrected chi connectivity index (χ1v) is 6.58. The molecule has 2 atom stereocenters. The minimum absolute atomic E-state index is 0.0289. The highest BCUT2D eigenvalue weighted by atomic mass is 35.5. The standard InChI is InChI=1S/C14H16ClFO2/c1-2-14-10(5-6-18-14)13(17)8-9-3-4-12(16)11(15)7-9/h3-4,7,10,14H,2,5-6,8H2,1H3. The molecule has 1 fully saturated rings. The van der Waals surface area contributed by atoms with E-state index in [0.29, 0.717) is 13.0 Å². The van der Waals surface area contributed by atoms with Crippen LogP contribution in [0, 0.1) is 11.7 Å². The maximum absolute atomic E-state index is 13.0. The lowest BCUT2D eigenvalue weighted by Crippen LogP contribution is -2.25. The fourth-order valence-electron chi connectivity index (χ4n) is 2.40. The van der Waals surface area contributed by atoms with Crippen LogP contribution in [-0.2, 0) is 16.0 Å². The predicted molar refractivity (Wildman–Crippen MR) is 68.3 cm³/mol. The van der Waals surface area contributed by atoms with E-state index < -0.39 is 5.82 Å². The first kappa shape index (κ1) is 13.5.